The molecule has 0 radical (unpaired) electrons. The van der Waals surface area contributed by atoms with Gasteiger partial charge in [0.2, 0.25) is 0 Å². The molecule has 2 heteroatoms. The fraction of sp³-hybridized carbons (Fsp3) is 0.278. The smallest absolute Gasteiger partial charge is 0.258 e. The van der Waals surface area contributed by atoms with Crippen molar-refractivity contribution in [1.82, 2.24) is 0 Å². The third kappa shape index (κ3) is 3.27. The zero-order valence-electron chi connectivity index (χ0n) is 12.4. The van der Waals surface area contributed by atoms with Crippen LogP contribution in [0.5, 0.6) is 0 Å². The van der Waals surface area contributed by atoms with Crippen LogP contribution in [-0.2, 0) is 6.42 Å². The Balaban J connectivity index is 2.18. The van der Waals surface area contributed by atoms with Crippen molar-refractivity contribution >= 4 is 11.6 Å². The van der Waals surface area contributed by atoms with E-state index in [0.717, 1.165) is 29.7 Å². The molecule has 2 rings (SSSR count). The quantitative estimate of drug-likeness (QED) is 0.812. The number of hydrogen-bond acceptors (Lipinski definition) is 1. The maximum absolute atomic E-state index is 12.4. The van der Waals surface area contributed by atoms with E-state index in [0.29, 0.717) is 0 Å². The van der Waals surface area contributed by atoms with Gasteiger partial charge in [0.05, 0.1) is 0 Å². The van der Waals surface area contributed by atoms with Crippen LogP contribution in [0, 0.1) is 6.92 Å². The zero-order valence-corrected chi connectivity index (χ0v) is 12.4. The highest BCUT2D eigenvalue weighted by molar-refractivity contribution is 6.05. The van der Waals surface area contributed by atoms with Gasteiger partial charge in [-0.2, -0.15) is 0 Å². The normalized spacial score (nSPS) is 10.3. The number of rotatable bonds is 4. The van der Waals surface area contributed by atoms with Crippen LogP contribution in [0.3, 0.4) is 0 Å². The SMILES string of the molecule is CCCc1ccc(N(C)C(=O)c2cccc(C)c2)cc1. The van der Waals surface area contributed by atoms with E-state index in [9.17, 15) is 4.79 Å². The van der Waals surface area contributed by atoms with Crippen LogP contribution in [0.2, 0.25) is 0 Å². The minimum atomic E-state index is 0.0249. The Bertz CT molecular complexity index is 587. The number of carbonyl (C=O) groups is 1. The fourth-order valence-corrected chi connectivity index (χ4v) is 2.26. The van der Waals surface area contributed by atoms with Gasteiger partial charge >= 0.3 is 0 Å². The molecule has 0 N–H and O–H groups in total. The first-order valence-corrected chi connectivity index (χ1v) is 7.05. The van der Waals surface area contributed by atoms with Crippen LogP contribution in [0.1, 0.15) is 34.8 Å². The maximum atomic E-state index is 12.4. The van der Waals surface area contributed by atoms with E-state index < -0.39 is 0 Å². The lowest BCUT2D eigenvalue weighted by Crippen LogP contribution is -2.26. The van der Waals surface area contributed by atoms with E-state index in [2.05, 4.69) is 19.1 Å². The minimum Gasteiger partial charge on any atom is -0.311 e. The van der Waals surface area contributed by atoms with Gasteiger partial charge in [0.15, 0.2) is 0 Å². The van der Waals surface area contributed by atoms with Gasteiger partial charge in [-0.05, 0) is 43.2 Å². The van der Waals surface area contributed by atoms with E-state index in [4.69, 9.17) is 0 Å². The molecule has 1 amide bonds. The van der Waals surface area contributed by atoms with Crippen LogP contribution in [-0.4, -0.2) is 13.0 Å². The molecule has 2 nitrogen and oxygen atoms in total. The van der Waals surface area contributed by atoms with Crippen molar-refractivity contribution in [2.24, 2.45) is 0 Å². The van der Waals surface area contributed by atoms with E-state index in [1.54, 1.807) is 4.90 Å². The molecule has 2 aromatic carbocycles. The highest BCUT2D eigenvalue weighted by Crippen LogP contribution is 2.17. The van der Waals surface area contributed by atoms with Crippen LogP contribution >= 0.6 is 0 Å². The van der Waals surface area contributed by atoms with Gasteiger partial charge in [0.1, 0.15) is 0 Å². The molecule has 0 aliphatic heterocycles. The molecule has 0 saturated heterocycles. The molecule has 0 saturated carbocycles. The topological polar surface area (TPSA) is 20.3 Å². The summed E-state index contributed by atoms with van der Waals surface area (Å²) in [6.07, 6.45) is 2.22. The van der Waals surface area contributed by atoms with Gasteiger partial charge in [-0.15, -0.1) is 0 Å². The van der Waals surface area contributed by atoms with Crippen molar-refractivity contribution in [2.75, 3.05) is 11.9 Å². The molecule has 2 aromatic rings. The first kappa shape index (κ1) is 14.3. The molecule has 104 valence electrons. The van der Waals surface area contributed by atoms with Crippen LogP contribution in [0.25, 0.3) is 0 Å². The molecule has 0 spiro atoms. The number of nitrogens with zero attached hydrogens (tertiary/aromatic N) is 1. The van der Waals surface area contributed by atoms with Crippen molar-refractivity contribution in [2.45, 2.75) is 26.7 Å². The molecule has 0 bridgehead atoms. The summed E-state index contributed by atoms with van der Waals surface area (Å²) in [5.74, 6) is 0.0249. The molecule has 0 atom stereocenters. The Labute approximate surface area is 121 Å². The van der Waals surface area contributed by atoms with Crippen molar-refractivity contribution < 1.29 is 4.79 Å². The van der Waals surface area contributed by atoms with E-state index >= 15 is 0 Å². The van der Waals surface area contributed by atoms with Crippen LogP contribution < -0.4 is 4.90 Å². The summed E-state index contributed by atoms with van der Waals surface area (Å²) in [6.45, 7) is 4.16. The standard InChI is InChI=1S/C18H21NO/c1-4-6-15-9-11-17(12-10-15)19(3)18(20)16-8-5-7-14(2)13-16/h5,7-13H,4,6H2,1-3H3. The van der Waals surface area contributed by atoms with E-state index in [1.165, 1.54) is 5.56 Å². The monoisotopic (exact) mass is 267 g/mol. The first-order valence-electron chi connectivity index (χ1n) is 7.05. The van der Waals surface area contributed by atoms with Crippen LogP contribution in [0.15, 0.2) is 48.5 Å². The minimum absolute atomic E-state index is 0.0249. The molecule has 0 unspecified atom stereocenters. The predicted molar refractivity (Wildman–Crippen MR) is 84.3 cm³/mol. The van der Waals surface area contributed by atoms with E-state index in [-0.39, 0.29) is 5.91 Å². The summed E-state index contributed by atoms with van der Waals surface area (Å²) < 4.78 is 0. The Kier molecular flexibility index (Phi) is 4.57. The van der Waals surface area contributed by atoms with Gasteiger partial charge in [-0.1, -0.05) is 43.2 Å². The average molecular weight is 267 g/mol. The summed E-state index contributed by atoms with van der Waals surface area (Å²) in [6, 6.07) is 15.9. The number of hydrogen-bond donors (Lipinski definition) is 0. The number of amides is 1. The fourth-order valence-electron chi connectivity index (χ4n) is 2.26. The highest BCUT2D eigenvalue weighted by atomic mass is 16.2. The third-order valence-corrected chi connectivity index (χ3v) is 3.43. The molecule has 0 fully saturated rings. The lowest BCUT2D eigenvalue weighted by molar-refractivity contribution is 0.0993. The Morgan fingerprint density at radius 3 is 2.40 bits per heavy atom. The number of benzene rings is 2. The van der Waals surface area contributed by atoms with Crippen molar-refractivity contribution in [3.8, 4) is 0 Å². The van der Waals surface area contributed by atoms with E-state index in [1.807, 2.05) is 50.4 Å². The highest BCUT2D eigenvalue weighted by Gasteiger charge is 2.13. The predicted octanol–water partition coefficient (Wildman–Crippen LogP) is 4.22. The number of aryl methyl sites for hydroxylation is 2. The molecule has 20 heavy (non-hydrogen) atoms. The Morgan fingerprint density at radius 1 is 1.10 bits per heavy atom. The second-order valence-electron chi connectivity index (χ2n) is 5.15. The lowest BCUT2D eigenvalue weighted by atomic mass is 10.1. The van der Waals surface area contributed by atoms with Crippen molar-refractivity contribution in [1.29, 1.82) is 0 Å². The summed E-state index contributed by atoms with van der Waals surface area (Å²) in [4.78, 5) is 14.1. The average Bonchev–Trinajstić information content (AvgIpc) is 2.47. The Hall–Kier alpha value is -2.09. The Morgan fingerprint density at radius 2 is 1.80 bits per heavy atom. The van der Waals surface area contributed by atoms with Gasteiger partial charge in [-0.3, -0.25) is 4.79 Å². The third-order valence-electron chi connectivity index (χ3n) is 3.43. The van der Waals surface area contributed by atoms with Crippen LogP contribution in [0.4, 0.5) is 5.69 Å². The maximum Gasteiger partial charge on any atom is 0.258 e. The molecular formula is C18H21NO. The summed E-state index contributed by atoms with van der Waals surface area (Å²) in [7, 11) is 1.82. The molecule has 0 heterocycles. The molecule has 0 aliphatic rings. The van der Waals surface area contributed by atoms with Gasteiger partial charge in [0.25, 0.3) is 5.91 Å². The van der Waals surface area contributed by atoms with Crippen molar-refractivity contribution in [3.63, 3.8) is 0 Å². The molecule has 0 aliphatic carbocycles. The molecular weight excluding hydrogens is 246 g/mol. The zero-order chi connectivity index (χ0) is 14.5. The molecule has 0 aromatic heterocycles. The first-order chi connectivity index (χ1) is 9.61. The number of carbonyl (C=O) groups excluding carboxylic acids is 1. The van der Waals surface area contributed by atoms with Gasteiger partial charge < -0.3 is 4.90 Å². The summed E-state index contributed by atoms with van der Waals surface area (Å²) in [5, 5.41) is 0. The van der Waals surface area contributed by atoms with Gasteiger partial charge in [0, 0.05) is 18.3 Å². The van der Waals surface area contributed by atoms with Gasteiger partial charge in [-0.25, -0.2) is 0 Å². The largest absolute Gasteiger partial charge is 0.311 e. The summed E-state index contributed by atoms with van der Waals surface area (Å²) >= 11 is 0. The second-order valence-corrected chi connectivity index (χ2v) is 5.15. The summed E-state index contributed by atoms with van der Waals surface area (Å²) in [5.41, 5.74) is 4.07. The second kappa shape index (κ2) is 6.38. The number of anilines is 1. The van der Waals surface area contributed by atoms with Crippen molar-refractivity contribution in [3.05, 3.63) is 65.2 Å². The lowest BCUT2D eigenvalue weighted by Gasteiger charge is -2.18.